The van der Waals surface area contributed by atoms with Crippen molar-refractivity contribution in [3.8, 4) is 5.75 Å². The van der Waals surface area contributed by atoms with Crippen LogP contribution < -0.4 is 5.32 Å². The number of likely N-dealkylation sites (N-methyl/N-ethyl adjacent to an activating group) is 1. The molecule has 4 nitrogen and oxygen atoms in total. The maximum Gasteiger partial charge on any atom is 0.242 e. The van der Waals surface area contributed by atoms with E-state index in [0.717, 1.165) is 25.1 Å². The highest BCUT2D eigenvalue weighted by Crippen LogP contribution is 2.24. The highest BCUT2D eigenvalue weighted by Gasteiger charge is 2.32. The number of amides is 1. The number of carbonyl (C=O) groups is 1. The average Bonchev–Trinajstić information content (AvgIpc) is 2.36. The maximum absolute atomic E-state index is 12.5. The summed E-state index contributed by atoms with van der Waals surface area (Å²) < 4.78 is 0. The molecule has 19 heavy (non-hydrogen) atoms. The van der Waals surface area contributed by atoms with Crippen molar-refractivity contribution in [1.82, 2.24) is 10.2 Å². The molecule has 0 atom stereocenters. The fourth-order valence-corrected chi connectivity index (χ4v) is 2.63. The van der Waals surface area contributed by atoms with Crippen LogP contribution in [0.5, 0.6) is 5.75 Å². The second-order valence-electron chi connectivity index (χ2n) is 5.59. The molecule has 1 amide bonds. The summed E-state index contributed by atoms with van der Waals surface area (Å²) in [5.41, 5.74) is 1.73. The monoisotopic (exact) mass is 262 g/mol. The summed E-state index contributed by atoms with van der Waals surface area (Å²) in [6.07, 6.45) is 0.851. The van der Waals surface area contributed by atoms with Gasteiger partial charge in [0.15, 0.2) is 0 Å². The van der Waals surface area contributed by atoms with Crippen molar-refractivity contribution in [3.05, 3.63) is 29.3 Å². The SMILES string of the molecule is CCNC(C)(C)C(=O)N1CCc2ccc(O)cc2C1. The Morgan fingerprint density at radius 3 is 2.84 bits per heavy atom. The Balaban J connectivity index is 2.15. The molecule has 104 valence electrons. The molecular weight excluding hydrogens is 240 g/mol. The zero-order valence-electron chi connectivity index (χ0n) is 11.9. The summed E-state index contributed by atoms with van der Waals surface area (Å²) in [7, 11) is 0. The van der Waals surface area contributed by atoms with Gasteiger partial charge in [0.05, 0.1) is 5.54 Å². The highest BCUT2D eigenvalue weighted by atomic mass is 16.3. The summed E-state index contributed by atoms with van der Waals surface area (Å²) >= 11 is 0. The third-order valence-corrected chi connectivity index (χ3v) is 3.64. The van der Waals surface area contributed by atoms with E-state index in [1.165, 1.54) is 5.56 Å². The van der Waals surface area contributed by atoms with Crippen molar-refractivity contribution in [2.45, 2.75) is 39.3 Å². The molecule has 1 aliphatic rings. The number of fused-ring (bicyclic) bond motifs is 1. The van der Waals surface area contributed by atoms with E-state index in [4.69, 9.17) is 0 Å². The van der Waals surface area contributed by atoms with E-state index in [-0.39, 0.29) is 11.7 Å². The van der Waals surface area contributed by atoms with Crippen molar-refractivity contribution in [3.63, 3.8) is 0 Å². The topological polar surface area (TPSA) is 52.6 Å². The molecule has 2 rings (SSSR count). The zero-order valence-corrected chi connectivity index (χ0v) is 11.9. The smallest absolute Gasteiger partial charge is 0.242 e. The number of nitrogens with zero attached hydrogens (tertiary/aromatic N) is 1. The number of hydrogen-bond acceptors (Lipinski definition) is 3. The van der Waals surface area contributed by atoms with Crippen molar-refractivity contribution < 1.29 is 9.90 Å². The Labute approximate surface area is 114 Å². The second kappa shape index (κ2) is 5.21. The summed E-state index contributed by atoms with van der Waals surface area (Å²) in [6.45, 7) is 7.92. The fraction of sp³-hybridized carbons (Fsp3) is 0.533. The van der Waals surface area contributed by atoms with Crippen LogP contribution in [-0.2, 0) is 17.8 Å². The first-order chi connectivity index (χ1) is 8.94. The molecule has 0 bridgehead atoms. The normalized spacial score (nSPS) is 15.2. The van der Waals surface area contributed by atoms with Crippen LogP contribution in [0.2, 0.25) is 0 Å². The number of rotatable bonds is 3. The fourth-order valence-electron chi connectivity index (χ4n) is 2.63. The third-order valence-electron chi connectivity index (χ3n) is 3.64. The van der Waals surface area contributed by atoms with Gasteiger partial charge in [-0.1, -0.05) is 13.0 Å². The van der Waals surface area contributed by atoms with Crippen LogP contribution in [0.3, 0.4) is 0 Å². The largest absolute Gasteiger partial charge is 0.508 e. The van der Waals surface area contributed by atoms with Gasteiger partial charge in [0, 0.05) is 13.1 Å². The van der Waals surface area contributed by atoms with E-state index in [0.29, 0.717) is 6.54 Å². The Morgan fingerprint density at radius 2 is 2.16 bits per heavy atom. The molecule has 2 N–H and O–H groups in total. The first-order valence-electron chi connectivity index (χ1n) is 6.79. The second-order valence-corrected chi connectivity index (χ2v) is 5.59. The number of phenolic OH excluding ortho intramolecular Hbond substituents is 1. The summed E-state index contributed by atoms with van der Waals surface area (Å²) in [4.78, 5) is 14.4. The van der Waals surface area contributed by atoms with Crippen LogP contribution >= 0.6 is 0 Å². The van der Waals surface area contributed by atoms with Crippen LogP contribution in [0.25, 0.3) is 0 Å². The van der Waals surface area contributed by atoms with E-state index in [9.17, 15) is 9.90 Å². The molecule has 0 unspecified atom stereocenters. The molecular formula is C15H22N2O2. The van der Waals surface area contributed by atoms with Crippen LogP contribution in [0.1, 0.15) is 31.9 Å². The lowest BCUT2D eigenvalue weighted by Gasteiger charge is -2.35. The van der Waals surface area contributed by atoms with E-state index < -0.39 is 5.54 Å². The quantitative estimate of drug-likeness (QED) is 0.871. The molecule has 4 heteroatoms. The molecule has 0 saturated carbocycles. The Bertz CT molecular complexity index is 483. The summed E-state index contributed by atoms with van der Waals surface area (Å²) in [5.74, 6) is 0.377. The molecule has 1 aromatic rings. The minimum atomic E-state index is -0.539. The predicted molar refractivity (Wildman–Crippen MR) is 75.0 cm³/mol. The summed E-state index contributed by atoms with van der Waals surface area (Å²) in [5, 5.41) is 12.8. The van der Waals surface area contributed by atoms with Gasteiger partial charge in [-0.15, -0.1) is 0 Å². The van der Waals surface area contributed by atoms with Crippen LogP contribution in [-0.4, -0.2) is 34.5 Å². The molecule has 0 saturated heterocycles. The van der Waals surface area contributed by atoms with E-state index in [1.807, 2.05) is 31.7 Å². The van der Waals surface area contributed by atoms with Crippen LogP contribution in [0, 0.1) is 0 Å². The van der Waals surface area contributed by atoms with Crippen LogP contribution in [0.4, 0.5) is 0 Å². The van der Waals surface area contributed by atoms with Gasteiger partial charge in [-0.2, -0.15) is 0 Å². The first kappa shape index (κ1) is 13.9. The minimum Gasteiger partial charge on any atom is -0.508 e. The lowest BCUT2D eigenvalue weighted by atomic mass is 9.96. The maximum atomic E-state index is 12.5. The lowest BCUT2D eigenvalue weighted by Crippen LogP contribution is -2.54. The van der Waals surface area contributed by atoms with Gasteiger partial charge in [-0.3, -0.25) is 4.79 Å². The highest BCUT2D eigenvalue weighted by molar-refractivity contribution is 5.85. The van der Waals surface area contributed by atoms with Crippen molar-refractivity contribution in [2.75, 3.05) is 13.1 Å². The minimum absolute atomic E-state index is 0.114. The van der Waals surface area contributed by atoms with Gasteiger partial charge in [0.25, 0.3) is 0 Å². The molecule has 0 fully saturated rings. The lowest BCUT2D eigenvalue weighted by molar-refractivity contribution is -0.138. The van der Waals surface area contributed by atoms with Gasteiger partial charge in [-0.25, -0.2) is 0 Å². The zero-order chi connectivity index (χ0) is 14.0. The number of phenols is 1. The Hall–Kier alpha value is -1.55. The third kappa shape index (κ3) is 2.89. The van der Waals surface area contributed by atoms with Gasteiger partial charge in [0.2, 0.25) is 5.91 Å². The molecule has 0 radical (unpaired) electrons. The van der Waals surface area contributed by atoms with Gasteiger partial charge in [0.1, 0.15) is 5.75 Å². The summed E-state index contributed by atoms with van der Waals surface area (Å²) in [6, 6.07) is 5.41. The Morgan fingerprint density at radius 1 is 1.42 bits per heavy atom. The van der Waals surface area contributed by atoms with Crippen molar-refractivity contribution >= 4 is 5.91 Å². The molecule has 0 aliphatic carbocycles. The first-order valence-corrected chi connectivity index (χ1v) is 6.79. The van der Waals surface area contributed by atoms with Crippen molar-refractivity contribution in [1.29, 1.82) is 0 Å². The molecule has 1 aromatic carbocycles. The number of carbonyl (C=O) groups excluding carboxylic acids is 1. The molecule has 1 aliphatic heterocycles. The van der Waals surface area contributed by atoms with Crippen molar-refractivity contribution in [2.24, 2.45) is 0 Å². The molecule has 0 aromatic heterocycles. The Kier molecular flexibility index (Phi) is 3.80. The molecule has 0 spiro atoms. The van der Waals surface area contributed by atoms with E-state index >= 15 is 0 Å². The van der Waals surface area contributed by atoms with Gasteiger partial charge >= 0.3 is 0 Å². The number of hydrogen-bond donors (Lipinski definition) is 2. The number of nitrogens with one attached hydrogen (secondary N) is 1. The predicted octanol–water partition coefficient (Wildman–Crippen LogP) is 1.66. The average molecular weight is 262 g/mol. The molecule has 1 heterocycles. The number of aromatic hydroxyl groups is 1. The van der Waals surface area contributed by atoms with Gasteiger partial charge < -0.3 is 15.3 Å². The van der Waals surface area contributed by atoms with Gasteiger partial charge in [-0.05, 0) is 50.1 Å². The van der Waals surface area contributed by atoms with E-state index in [1.54, 1.807) is 12.1 Å². The van der Waals surface area contributed by atoms with E-state index in [2.05, 4.69) is 5.32 Å². The standard InChI is InChI=1S/C15H22N2O2/c1-4-16-15(2,3)14(19)17-8-7-11-5-6-13(18)9-12(11)10-17/h5-6,9,16,18H,4,7-8,10H2,1-3H3. The van der Waals surface area contributed by atoms with Crippen LogP contribution in [0.15, 0.2) is 18.2 Å². The number of benzene rings is 1.